The Kier molecular flexibility index (Phi) is 17.5. The molecule has 1 unspecified atom stereocenters. The number of ether oxygens (including phenoxy) is 3. The van der Waals surface area contributed by atoms with E-state index in [0.29, 0.717) is 38.2 Å². The largest absolute Gasteiger partial charge is 0.544 e. The third-order valence-electron chi connectivity index (χ3n) is 6.83. The zero-order valence-corrected chi connectivity index (χ0v) is 26.7. The lowest BCUT2D eigenvalue weighted by molar-refractivity contribution is -0.240. The monoisotopic (exact) mass is 592 g/mol. The minimum absolute atomic E-state index is 0.0648. The molecule has 0 saturated carbocycles. The molecule has 10 heteroatoms. The summed E-state index contributed by atoms with van der Waals surface area (Å²) < 4.78 is 64.5. The zero-order valence-electron chi connectivity index (χ0n) is 25.7. The number of unbranched alkanes of at least 4 members (excludes halogenated alkanes) is 7. The van der Waals surface area contributed by atoms with Gasteiger partial charge in [-0.2, -0.15) is 13.2 Å². The van der Waals surface area contributed by atoms with Crippen molar-refractivity contribution in [1.82, 2.24) is 0 Å². The van der Waals surface area contributed by atoms with Crippen molar-refractivity contribution in [3.63, 3.8) is 0 Å². The Labute approximate surface area is 240 Å². The predicted octanol–water partition coefficient (Wildman–Crippen LogP) is 8.50. The molecule has 1 atom stereocenters. The molecule has 0 aliphatic heterocycles. The van der Waals surface area contributed by atoms with Gasteiger partial charge in [-0.25, -0.2) is 0 Å². The van der Waals surface area contributed by atoms with Gasteiger partial charge in [0.1, 0.15) is 5.76 Å². The molecule has 6 nitrogen and oxygen atoms in total. The van der Waals surface area contributed by atoms with E-state index in [-0.39, 0.29) is 23.2 Å². The van der Waals surface area contributed by atoms with E-state index in [1.165, 1.54) is 26.4 Å². The van der Waals surface area contributed by atoms with E-state index in [2.05, 4.69) is 17.4 Å². The van der Waals surface area contributed by atoms with Crippen LogP contribution in [-0.2, 0) is 23.4 Å². The van der Waals surface area contributed by atoms with Crippen LogP contribution in [0.4, 0.5) is 13.2 Å². The fraction of sp³-hybridized carbons (Fsp3) is 0.733. The van der Waals surface area contributed by atoms with Crippen LogP contribution in [0.2, 0.25) is 18.1 Å². The standard InChI is InChI=1S/C30H51F3O6Si/c1-9-10-11-12-14-17-20-25(39-40(7,8)28(2,3)4)23-29(35,30(31,32)33)26(38-24-36-5)21-18-15-13-16-19-22-27(34)37-6/h17-18,20,23,35H,9-16,19,22,24H2,1-8H3/b20-17+,25-23+. The average molecular weight is 593 g/mol. The summed E-state index contributed by atoms with van der Waals surface area (Å²) in [6.07, 6.45) is 7.59. The maximum atomic E-state index is 14.5. The number of esters is 1. The number of hydrogen-bond donors (Lipinski definition) is 1. The Morgan fingerprint density at radius 1 is 0.975 bits per heavy atom. The van der Waals surface area contributed by atoms with Crippen molar-refractivity contribution in [1.29, 1.82) is 0 Å². The molecule has 1 N–H and O–H groups in total. The number of halogens is 3. The second kappa shape index (κ2) is 18.4. The molecule has 0 heterocycles. The molecular formula is C30H51F3O6Si. The van der Waals surface area contributed by atoms with Crippen LogP contribution in [0.15, 0.2) is 41.6 Å². The quantitative estimate of drug-likeness (QED) is 0.0308. The number of carbonyl (C=O) groups excluding carboxylic acids is 1. The summed E-state index contributed by atoms with van der Waals surface area (Å²) in [6, 6.07) is 0. The molecule has 0 amide bonds. The fourth-order valence-electron chi connectivity index (χ4n) is 3.27. The van der Waals surface area contributed by atoms with Crippen LogP contribution in [0, 0.1) is 0 Å². The van der Waals surface area contributed by atoms with Crippen molar-refractivity contribution in [2.24, 2.45) is 0 Å². The molecule has 0 aromatic heterocycles. The molecule has 0 spiro atoms. The van der Waals surface area contributed by atoms with Crippen LogP contribution in [-0.4, -0.2) is 52.2 Å². The summed E-state index contributed by atoms with van der Waals surface area (Å²) in [5, 5.41) is 10.9. The Hall–Kier alpha value is -2.00. The van der Waals surface area contributed by atoms with Crippen LogP contribution >= 0.6 is 0 Å². The lowest BCUT2D eigenvalue weighted by atomic mass is 9.99. The summed E-state index contributed by atoms with van der Waals surface area (Å²) in [4.78, 5) is 11.2. The van der Waals surface area contributed by atoms with Gasteiger partial charge < -0.3 is 23.7 Å². The molecule has 0 fully saturated rings. The van der Waals surface area contributed by atoms with Gasteiger partial charge in [0.2, 0.25) is 13.9 Å². The van der Waals surface area contributed by atoms with Crippen molar-refractivity contribution < 1.29 is 41.7 Å². The first-order chi connectivity index (χ1) is 18.6. The van der Waals surface area contributed by atoms with Gasteiger partial charge >= 0.3 is 12.1 Å². The van der Waals surface area contributed by atoms with Gasteiger partial charge in [0.05, 0.1) is 7.11 Å². The fourth-order valence-corrected chi connectivity index (χ4v) is 4.29. The lowest BCUT2D eigenvalue weighted by Gasteiger charge is -2.37. The first kappa shape index (κ1) is 38.0. The van der Waals surface area contributed by atoms with Crippen LogP contribution in [0.1, 0.15) is 91.9 Å². The van der Waals surface area contributed by atoms with Crippen molar-refractivity contribution in [2.75, 3.05) is 21.0 Å². The number of alkyl halides is 3. The van der Waals surface area contributed by atoms with E-state index in [1.54, 1.807) is 6.08 Å². The molecule has 232 valence electrons. The van der Waals surface area contributed by atoms with E-state index in [0.717, 1.165) is 25.7 Å². The maximum absolute atomic E-state index is 14.5. The lowest BCUT2D eigenvalue weighted by Crippen LogP contribution is -2.47. The van der Waals surface area contributed by atoms with Gasteiger partial charge in [0, 0.05) is 19.6 Å². The molecule has 0 aromatic carbocycles. The van der Waals surface area contributed by atoms with Crippen molar-refractivity contribution in [3.8, 4) is 0 Å². The van der Waals surface area contributed by atoms with E-state index in [4.69, 9.17) is 13.9 Å². The summed E-state index contributed by atoms with van der Waals surface area (Å²) in [5.41, 5.74) is -0.986. The smallest absolute Gasteiger partial charge is 0.429 e. The second-order valence-electron chi connectivity index (χ2n) is 11.3. The molecule has 0 bridgehead atoms. The number of rotatable bonds is 19. The summed E-state index contributed by atoms with van der Waals surface area (Å²) >= 11 is 0. The van der Waals surface area contributed by atoms with Gasteiger partial charge in [0.15, 0.2) is 12.6 Å². The third kappa shape index (κ3) is 14.1. The van der Waals surface area contributed by atoms with Crippen molar-refractivity contribution in [3.05, 3.63) is 41.6 Å². The van der Waals surface area contributed by atoms with Gasteiger partial charge in [-0.3, -0.25) is 4.79 Å². The topological polar surface area (TPSA) is 74.2 Å². The highest BCUT2D eigenvalue weighted by Gasteiger charge is 2.57. The average Bonchev–Trinajstić information content (AvgIpc) is 2.85. The number of carbonyl (C=O) groups is 1. The maximum Gasteiger partial charge on any atom is 0.429 e. The number of methoxy groups -OCH3 is 2. The van der Waals surface area contributed by atoms with Crippen LogP contribution < -0.4 is 0 Å². The highest BCUT2D eigenvalue weighted by molar-refractivity contribution is 6.74. The zero-order chi connectivity index (χ0) is 30.9. The van der Waals surface area contributed by atoms with E-state index in [9.17, 15) is 23.1 Å². The predicted molar refractivity (Wildman–Crippen MR) is 155 cm³/mol. The van der Waals surface area contributed by atoms with Crippen LogP contribution in [0.3, 0.4) is 0 Å². The highest BCUT2D eigenvalue weighted by atomic mass is 28.4. The SMILES string of the molecule is CCCCCC/C=C/C(=C\C(O)(C(=C=CCCCCCC(=O)OC)OCOC)C(F)(F)F)O[Si](C)(C)C(C)(C)C. The first-order valence-electron chi connectivity index (χ1n) is 14.1. The Balaban J connectivity index is 6.36. The van der Waals surface area contributed by atoms with Crippen LogP contribution in [0.5, 0.6) is 0 Å². The molecule has 0 radical (unpaired) electrons. The summed E-state index contributed by atoms with van der Waals surface area (Å²) in [7, 11) is 0.0383. The summed E-state index contributed by atoms with van der Waals surface area (Å²) in [6.45, 7) is 11.4. The van der Waals surface area contributed by atoms with Gasteiger partial charge in [-0.1, -0.05) is 65.2 Å². The number of hydrogen-bond acceptors (Lipinski definition) is 6. The molecule has 0 aliphatic rings. The normalized spacial score (nSPS) is 14.4. The molecule has 0 rings (SSSR count). The minimum Gasteiger partial charge on any atom is -0.544 e. The Morgan fingerprint density at radius 2 is 1.60 bits per heavy atom. The molecule has 40 heavy (non-hydrogen) atoms. The second-order valence-corrected chi connectivity index (χ2v) is 16.1. The van der Waals surface area contributed by atoms with Crippen molar-refractivity contribution >= 4 is 14.3 Å². The van der Waals surface area contributed by atoms with E-state index >= 15 is 0 Å². The highest BCUT2D eigenvalue weighted by Crippen LogP contribution is 2.42. The van der Waals surface area contributed by atoms with E-state index < -0.39 is 32.6 Å². The third-order valence-corrected chi connectivity index (χ3v) is 11.2. The Bertz CT molecular complexity index is 868. The molecule has 0 aromatic rings. The number of allylic oxidation sites excluding steroid dienone is 2. The first-order valence-corrected chi connectivity index (χ1v) is 17.0. The number of aliphatic hydroxyl groups is 1. The van der Waals surface area contributed by atoms with Gasteiger partial charge in [-0.15, -0.1) is 0 Å². The minimum atomic E-state index is -5.13. The summed E-state index contributed by atoms with van der Waals surface area (Å²) in [5.74, 6) is -1.20. The van der Waals surface area contributed by atoms with Gasteiger partial charge in [0.25, 0.3) is 0 Å². The van der Waals surface area contributed by atoms with Gasteiger partial charge in [-0.05, 0) is 62.4 Å². The van der Waals surface area contributed by atoms with Crippen molar-refractivity contribution in [2.45, 2.75) is 122 Å². The molecule has 0 saturated heterocycles. The van der Waals surface area contributed by atoms with Crippen LogP contribution in [0.25, 0.3) is 0 Å². The molecular weight excluding hydrogens is 541 g/mol. The van der Waals surface area contributed by atoms with E-state index in [1.807, 2.05) is 33.9 Å². The Morgan fingerprint density at radius 3 is 2.15 bits per heavy atom. The molecule has 0 aliphatic carbocycles.